The highest BCUT2D eigenvalue weighted by molar-refractivity contribution is 7.80. The highest BCUT2D eigenvalue weighted by atomic mass is 32.1. The van der Waals surface area contributed by atoms with Crippen molar-refractivity contribution in [1.82, 2.24) is 0 Å². The molecule has 0 saturated heterocycles. The van der Waals surface area contributed by atoms with Crippen molar-refractivity contribution in [3.8, 4) is 22.3 Å². The predicted octanol–water partition coefficient (Wildman–Crippen LogP) is 11.4. The van der Waals surface area contributed by atoms with Gasteiger partial charge < -0.3 is 0 Å². The van der Waals surface area contributed by atoms with Gasteiger partial charge in [0.05, 0.1) is 0 Å². The Morgan fingerprint density at radius 1 is 0.462 bits per heavy atom. The molecule has 1 heterocycles. The maximum atomic E-state index is 4.87. The third kappa shape index (κ3) is 3.83. The van der Waals surface area contributed by atoms with Crippen LogP contribution in [0.25, 0.3) is 74.7 Å². The van der Waals surface area contributed by atoms with E-state index in [1.165, 1.54) is 80.3 Å². The largest absolute Gasteiger partial charge is 0.143 e. The molecule has 0 nitrogen and oxygen atoms in total. The molecule has 1 aromatic heterocycles. The Hall–Kier alpha value is -4.11. The maximum Gasteiger partial charge on any atom is 0.0361 e. The molecule has 39 heavy (non-hydrogen) atoms. The highest BCUT2D eigenvalue weighted by Gasteiger charge is 2.11. The van der Waals surface area contributed by atoms with Gasteiger partial charge in [0, 0.05) is 25.1 Å². The van der Waals surface area contributed by atoms with E-state index in [2.05, 4.69) is 128 Å². The Morgan fingerprint density at radius 2 is 1.05 bits per heavy atom. The summed E-state index contributed by atoms with van der Waals surface area (Å²) < 4.78 is 2.66. The van der Waals surface area contributed by atoms with E-state index in [0.29, 0.717) is 0 Å². The smallest absolute Gasteiger partial charge is 0.0361 e. The Labute approximate surface area is 236 Å². The number of thiophene rings is 1. The molecule has 2 heteroatoms. The van der Waals surface area contributed by atoms with Gasteiger partial charge in [-0.1, -0.05) is 78.4 Å². The van der Waals surface area contributed by atoms with Crippen molar-refractivity contribution in [2.24, 2.45) is 0 Å². The number of fused-ring (bicyclic) bond motifs is 6. The minimum absolute atomic E-state index is 1.01. The van der Waals surface area contributed by atoms with E-state index in [4.69, 9.17) is 12.6 Å². The fourth-order valence-electron chi connectivity index (χ4n) is 5.88. The first kappa shape index (κ1) is 22.8. The monoisotopic (exact) mass is 532 g/mol. The molecular formula is C37H24S2. The molecule has 0 bridgehead atoms. The number of aryl methyl sites for hydroxylation is 1. The van der Waals surface area contributed by atoms with Gasteiger partial charge in [0.15, 0.2) is 0 Å². The van der Waals surface area contributed by atoms with Crippen LogP contribution in [0.4, 0.5) is 0 Å². The molecule has 0 aliphatic heterocycles. The van der Waals surface area contributed by atoms with Gasteiger partial charge in [-0.2, -0.15) is 0 Å². The number of hydrogen-bond acceptors (Lipinski definition) is 2. The Morgan fingerprint density at radius 3 is 1.77 bits per heavy atom. The summed E-state index contributed by atoms with van der Waals surface area (Å²) in [6.45, 7) is 2.13. The molecule has 0 radical (unpaired) electrons. The van der Waals surface area contributed by atoms with Crippen LogP contribution in [0, 0.1) is 6.92 Å². The van der Waals surface area contributed by atoms with E-state index in [-0.39, 0.29) is 0 Å². The molecule has 0 unspecified atom stereocenters. The molecule has 8 rings (SSSR count). The molecule has 0 saturated carbocycles. The molecule has 0 aliphatic rings. The summed E-state index contributed by atoms with van der Waals surface area (Å²) in [5.74, 6) is 0. The maximum absolute atomic E-state index is 4.87. The SMILES string of the molecule is Cc1ccc2cc(-c3ccc4cc5c(cc4c3)sc3cc4cc(-c6ccccc6)ccc4cc35)c(S)cc2c1. The van der Waals surface area contributed by atoms with Gasteiger partial charge >= 0.3 is 0 Å². The lowest BCUT2D eigenvalue weighted by Crippen LogP contribution is -1.84. The number of thiol groups is 1. The van der Waals surface area contributed by atoms with E-state index in [1.807, 2.05) is 11.3 Å². The fourth-order valence-corrected chi connectivity index (χ4v) is 7.38. The van der Waals surface area contributed by atoms with E-state index in [9.17, 15) is 0 Å². The van der Waals surface area contributed by atoms with Gasteiger partial charge in [-0.15, -0.1) is 24.0 Å². The first-order valence-electron chi connectivity index (χ1n) is 13.2. The average molecular weight is 533 g/mol. The zero-order valence-electron chi connectivity index (χ0n) is 21.4. The van der Waals surface area contributed by atoms with Crippen molar-refractivity contribution in [3.63, 3.8) is 0 Å². The van der Waals surface area contributed by atoms with Gasteiger partial charge in [-0.3, -0.25) is 0 Å². The minimum atomic E-state index is 1.01. The van der Waals surface area contributed by atoms with Gasteiger partial charge in [0.1, 0.15) is 0 Å². The van der Waals surface area contributed by atoms with Crippen LogP contribution in [0.1, 0.15) is 5.56 Å². The highest BCUT2D eigenvalue weighted by Crippen LogP contribution is 2.40. The molecule has 0 aliphatic carbocycles. The van der Waals surface area contributed by atoms with E-state index >= 15 is 0 Å². The fraction of sp³-hybridized carbons (Fsp3) is 0.0270. The van der Waals surface area contributed by atoms with Gasteiger partial charge in [-0.05, 0) is 110 Å². The van der Waals surface area contributed by atoms with Crippen molar-refractivity contribution >= 4 is 76.5 Å². The van der Waals surface area contributed by atoms with Crippen molar-refractivity contribution in [2.45, 2.75) is 11.8 Å². The predicted molar refractivity (Wildman–Crippen MR) is 175 cm³/mol. The van der Waals surface area contributed by atoms with Crippen LogP contribution in [-0.4, -0.2) is 0 Å². The van der Waals surface area contributed by atoms with Crippen LogP contribution in [0.15, 0.2) is 126 Å². The van der Waals surface area contributed by atoms with Gasteiger partial charge in [0.2, 0.25) is 0 Å². The quantitative estimate of drug-likeness (QED) is 0.210. The topological polar surface area (TPSA) is 0 Å². The lowest BCUT2D eigenvalue weighted by atomic mass is 9.97. The third-order valence-electron chi connectivity index (χ3n) is 7.92. The second kappa shape index (κ2) is 8.71. The van der Waals surface area contributed by atoms with Crippen LogP contribution in [0.2, 0.25) is 0 Å². The number of rotatable bonds is 2. The Kier molecular flexibility index (Phi) is 5.10. The van der Waals surface area contributed by atoms with Gasteiger partial charge in [-0.25, -0.2) is 0 Å². The standard InChI is InChI=1S/C37H24S2/c1-22-7-8-25-16-32(35(38)19-29(25)13-22)28-12-11-27-18-34-33-17-26-10-9-24(23-5-3-2-4-6-23)14-30(26)20-36(33)39-37(34)21-31(27)15-28/h2-21,38H,1H3. The molecule has 0 fully saturated rings. The first-order chi connectivity index (χ1) is 19.1. The van der Waals surface area contributed by atoms with Crippen LogP contribution in [0.5, 0.6) is 0 Å². The summed E-state index contributed by atoms with van der Waals surface area (Å²) in [6, 6.07) is 44.8. The lowest BCUT2D eigenvalue weighted by molar-refractivity contribution is 1.46. The second-order valence-electron chi connectivity index (χ2n) is 10.5. The van der Waals surface area contributed by atoms with Crippen LogP contribution >= 0.6 is 24.0 Å². The molecular weight excluding hydrogens is 509 g/mol. The summed E-state index contributed by atoms with van der Waals surface area (Å²) in [6.07, 6.45) is 0. The average Bonchev–Trinajstić information content (AvgIpc) is 3.30. The summed E-state index contributed by atoms with van der Waals surface area (Å²) >= 11 is 6.76. The van der Waals surface area contributed by atoms with Crippen LogP contribution < -0.4 is 0 Å². The third-order valence-corrected chi connectivity index (χ3v) is 9.40. The molecule has 184 valence electrons. The number of benzene rings is 7. The van der Waals surface area contributed by atoms with E-state index < -0.39 is 0 Å². The van der Waals surface area contributed by atoms with Gasteiger partial charge in [0.25, 0.3) is 0 Å². The van der Waals surface area contributed by atoms with Crippen molar-refractivity contribution in [2.75, 3.05) is 0 Å². The Bertz CT molecular complexity index is 2240. The van der Waals surface area contributed by atoms with Crippen molar-refractivity contribution in [1.29, 1.82) is 0 Å². The molecule has 7 aromatic carbocycles. The zero-order valence-corrected chi connectivity index (χ0v) is 23.1. The molecule has 8 aromatic rings. The number of hydrogen-bond donors (Lipinski definition) is 1. The summed E-state index contributed by atoms with van der Waals surface area (Å²) in [4.78, 5) is 1.01. The molecule has 0 N–H and O–H groups in total. The molecule has 0 amide bonds. The van der Waals surface area contributed by atoms with E-state index in [0.717, 1.165) is 4.90 Å². The van der Waals surface area contributed by atoms with Crippen LogP contribution in [0.3, 0.4) is 0 Å². The second-order valence-corrected chi connectivity index (χ2v) is 12.1. The zero-order chi connectivity index (χ0) is 26.1. The van der Waals surface area contributed by atoms with Crippen LogP contribution in [-0.2, 0) is 0 Å². The minimum Gasteiger partial charge on any atom is -0.143 e. The molecule has 0 atom stereocenters. The molecule has 0 spiro atoms. The first-order valence-corrected chi connectivity index (χ1v) is 14.5. The van der Waals surface area contributed by atoms with E-state index in [1.54, 1.807) is 0 Å². The summed E-state index contributed by atoms with van der Waals surface area (Å²) in [5, 5.41) is 10.3. The van der Waals surface area contributed by atoms with Crippen molar-refractivity contribution < 1.29 is 0 Å². The van der Waals surface area contributed by atoms with Crippen molar-refractivity contribution in [3.05, 3.63) is 127 Å². The lowest BCUT2D eigenvalue weighted by Gasteiger charge is -2.10. The Balaban J connectivity index is 1.27. The summed E-state index contributed by atoms with van der Waals surface area (Å²) in [7, 11) is 0. The summed E-state index contributed by atoms with van der Waals surface area (Å²) in [5.41, 5.74) is 6.16. The normalized spacial score (nSPS) is 11.8.